The van der Waals surface area contributed by atoms with Gasteiger partial charge in [-0.25, -0.2) is 0 Å². The molecule has 37 heavy (non-hydrogen) atoms. The fourth-order valence-corrected chi connectivity index (χ4v) is 5.93. The van der Waals surface area contributed by atoms with E-state index in [1.807, 2.05) is 0 Å². The molecule has 2 aliphatic rings. The van der Waals surface area contributed by atoms with Crippen molar-refractivity contribution in [2.24, 2.45) is 0 Å². The van der Waals surface area contributed by atoms with E-state index in [9.17, 15) is 2.74 Å². The minimum absolute atomic E-state index is 0.0268. The van der Waals surface area contributed by atoms with Crippen molar-refractivity contribution in [1.82, 2.24) is 15.4 Å². The molecule has 3 nitrogen and oxygen atoms in total. The van der Waals surface area contributed by atoms with Crippen molar-refractivity contribution in [2.45, 2.75) is 75.6 Å². The molecule has 4 heteroatoms. The number of hydrogen-bond donors (Lipinski definition) is 0. The zero-order chi connectivity index (χ0) is 50.4. The van der Waals surface area contributed by atoms with Gasteiger partial charge in [0.1, 0.15) is 0 Å². The molecule has 4 atom stereocenters. The average molecular weight is 580 g/mol. The molecule has 2 fully saturated rings. The van der Waals surface area contributed by atoms with Crippen LogP contribution in [-0.2, 0) is 0 Å². The van der Waals surface area contributed by atoms with Gasteiger partial charge >= 0.3 is 219 Å². The van der Waals surface area contributed by atoms with Crippen LogP contribution in [0.15, 0.2) is 66.5 Å². The second-order valence-corrected chi connectivity index (χ2v) is 9.86. The van der Waals surface area contributed by atoms with Crippen LogP contribution in [0.2, 0.25) is 0 Å². The molecule has 186 valence electrons. The van der Waals surface area contributed by atoms with Gasteiger partial charge < -0.3 is 0 Å². The Morgan fingerprint density at radius 2 is 1.46 bits per heavy atom. The molecule has 7 rings (SSSR count). The normalized spacial score (nSPS) is 50.6. The second kappa shape index (κ2) is 10.2. The van der Waals surface area contributed by atoms with Crippen LogP contribution in [-0.4, -0.2) is 29.9 Å². The molecule has 0 bridgehead atoms. The van der Waals surface area contributed by atoms with Crippen LogP contribution in [0.4, 0.5) is 0 Å². The van der Waals surface area contributed by atoms with Gasteiger partial charge in [-0.1, -0.05) is 25.5 Å². The Labute approximate surface area is 265 Å². The summed E-state index contributed by atoms with van der Waals surface area (Å²) >= 11 is -0.957. The molecule has 0 radical (unpaired) electrons. The molecular weight excluding hydrogens is 517 g/mol. The summed E-state index contributed by atoms with van der Waals surface area (Å²) in [5.74, 6) is -8.23. The fraction of sp³-hybridized carbons (Fsp3) is 0.364. The van der Waals surface area contributed by atoms with E-state index in [2.05, 4.69) is 15.4 Å². The predicted molar refractivity (Wildman–Crippen MR) is 154 cm³/mol. The summed E-state index contributed by atoms with van der Waals surface area (Å²) in [5, 5.41) is 10.8. The summed E-state index contributed by atoms with van der Waals surface area (Å²) in [4.78, 5) is 0. The third-order valence-corrected chi connectivity index (χ3v) is 7.76. The Morgan fingerprint density at radius 1 is 0.703 bits per heavy atom. The molecule has 0 aliphatic heterocycles. The minimum atomic E-state index is -4.29. The van der Waals surface area contributed by atoms with Crippen LogP contribution in [0.25, 0.3) is 41.7 Å². The molecule has 5 aromatic rings. The Bertz CT molecular complexity index is 2930. The molecule has 2 heterocycles. The van der Waals surface area contributed by atoms with Crippen molar-refractivity contribution < 1.29 is 39.8 Å². The van der Waals surface area contributed by atoms with Crippen molar-refractivity contribution in [3.05, 3.63) is 77.8 Å². The van der Waals surface area contributed by atoms with Gasteiger partial charge in [0.15, 0.2) is 0 Å². The van der Waals surface area contributed by atoms with Crippen LogP contribution < -0.4 is 0 Å². The van der Waals surface area contributed by atoms with Crippen LogP contribution in [0.1, 0.15) is 127 Å². The van der Waals surface area contributed by atoms with Crippen LogP contribution in [0, 0.1) is 0 Å². The number of fused-ring (bicyclic) bond motifs is 3. The number of nitrogens with zero attached hydrogens (tertiary/aromatic N) is 3. The van der Waals surface area contributed by atoms with E-state index in [1.165, 1.54) is 6.07 Å². The molecule has 0 amide bonds. The first-order valence-electron chi connectivity index (χ1n) is 25.5. The van der Waals surface area contributed by atoms with Gasteiger partial charge in [0.25, 0.3) is 0 Å². The fourth-order valence-electron chi connectivity index (χ4n) is 3.95. The maximum atomic E-state index is 9.83. The first-order valence-corrected chi connectivity index (χ1v) is 12.5. The van der Waals surface area contributed by atoms with Crippen LogP contribution in [0.5, 0.6) is 0 Å². The SMILES string of the molecule is [2H]c1c(-c2cc3c([se]c4c([2H])c([2H])c([2H])c([2H])c43)c([2H])c2[2H])cc(-c2nnnc(C3([2H])C([2H])C([2H])([2H])C([2H])([2H])C([2H])([2H])C3([2H])[2H])c2C2([2H])C([2H])C([2H])([2H])C([2H])([2H])C([2H])([2H])C2([2H])[2H])c([2H])c1[2H]. The number of hydrogen-bond acceptors (Lipinski definition) is 3. The second-order valence-electron chi connectivity index (χ2n) is 7.72. The zero-order valence-corrected chi connectivity index (χ0v) is 20.3. The monoisotopic (exact) mass is 580 g/mol. The van der Waals surface area contributed by atoms with Crippen molar-refractivity contribution in [1.29, 1.82) is 0 Å². The molecule has 4 unspecified atom stereocenters. The summed E-state index contributed by atoms with van der Waals surface area (Å²) in [6, 6.07) is -4.47. The van der Waals surface area contributed by atoms with E-state index in [0.717, 1.165) is 6.07 Å². The Morgan fingerprint density at radius 3 is 2.38 bits per heavy atom. The molecule has 3 aromatic carbocycles. The van der Waals surface area contributed by atoms with E-state index in [1.54, 1.807) is 0 Å². The van der Waals surface area contributed by atoms with Gasteiger partial charge in [0.05, 0.1) is 0 Å². The molecule has 0 spiro atoms. The first kappa shape index (κ1) is 7.87. The van der Waals surface area contributed by atoms with E-state index in [0.29, 0.717) is 0 Å². The van der Waals surface area contributed by atoms with Crippen LogP contribution >= 0.6 is 0 Å². The summed E-state index contributed by atoms with van der Waals surface area (Å²) < 4.78 is 255. The van der Waals surface area contributed by atoms with Gasteiger partial charge in [-0.05, 0) is 0 Å². The van der Waals surface area contributed by atoms with E-state index < -0.39 is 178 Å². The van der Waals surface area contributed by atoms with Crippen LogP contribution in [0.3, 0.4) is 0 Å². The summed E-state index contributed by atoms with van der Waals surface area (Å²) in [7, 11) is 0. The van der Waals surface area contributed by atoms with Crippen molar-refractivity contribution in [2.75, 3.05) is 0 Å². The van der Waals surface area contributed by atoms with Crippen molar-refractivity contribution >= 4 is 33.8 Å². The van der Waals surface area contributed by atoms with E-state index >= 15 is 0 Å². The molecular formula is C33H33N3Se. The van der Waals surface area contributed by atoms with Gasteiger partial charge in [-0.3, -0.25) is 0 Å². The standard InChI is InChI=1S/C33H33N3Se/c1-3-10-22(11-4-1)31-32(23-12-5-2-6-13-23)34-36-35-33(31)26-15-9-14-24(20-26)25-18-19-30-28(21-25)27-16-7-8-17-29(27)37-30/h7-9,14-23H,1-6,10-13H2/i1D2,2D2,3D2,4D2,5D2,6D2,7D,8D,9D,10D,11D2,12D,13D2,14D,15D,16D,17D,18D,19D,22D,23D. The summed E-state index contributed by atoms with van der Waals surface area (Å²) in [6.07, 6.45) is -39.2. The maximum absolute atomic E-state index is 9.83. The van der Waals surface area contributed by atoms with Crippen molar-refractivity contribution in [3.63, 3.8) is 0 Å². The molecule has 2 aromatic heterocycles. The Kier molecular flexibility index (Phi) is 2.16. The molecule has 2 aliphatic carbocycles. The first-order chi connectivity index (χ1) is 29.7. The molecule has 2 saturated carbocycles. The Hall–Kier alpha value is -2.81. The van der Waals surface area contributed by atoms with E-state index in [4.69, 9.17) is 37.0 Å². The van der Waals surface area contributed by atoms with Gasteiger partial charge in [-0.2, -0.15) is 0 Å². The number of benzene rings is 3. The topological polar surface area (TPSA) is 38.7 Å². The van der Waals surface area contributed by atoms with Gasteiger partial charge in [0.2, 0.25) is 0 Å². The molecule has 0 N–H and O–H groups in total. The predicted octanol–water partition coefficient (Wildman–Crippen LogP) is 8.66. The third-order valence-electron chi connectivity index (χ3n) is 5.58. The quantitative estimate of drug-likeness (QED) is 0.200. The average Bonchev–Trinajstić information content (AvgIpc) is 3.62. The van der Waals surface area contributed by atoms with Gasteiger partial charge in [0, 0.05) is 20.6 Å². The summed E-state index contributed by atoms with van der Waals surface area (Å²) in [6.45, 7) is 0. The zero-order valence-electron chi connectivity index (χ0n) is 47.6. The van der Waals surface area contributed by atoms with Gasteiger partial charge in [-0.15, -0.1) is 0 Å². The number of aromatic nitrogens is 3. The summed E-state index contributed by atoms with van der Waals surface area (Å²) in [5.41, 5.74) is -6.57. The molecule has 0 saturated heterocycles. The third kappa shape index (κ3) is 4.45. The van der Waals surface area contributed by atoms with Crippen molar-refractivity contribution in [3.8, 4) is 22.4 Å². The number of rotatable bonds is 4. The van der Waals surface area contributed by atoms with E-state index in [-0.39, 0.29) is 19.3 Å². The Balaban J connectivity index is 1.68.